The fourth-order valence-electron chi connectivity index (χ4n) is 1.98. The van der Waals surface area contributed by atoms with Crippen LogP contribution in [0.3, 0.4) is 0 Å². The number of carbonyl (C=O) groups is 1. The molecule has 0 aliphatic heterocycles. The number of hydrogen-bond donors (Lipinski definition) is 0. The number of rotatable bonds is 5. The van der Waals surface area contributed by atoms with E-state index in [1.165, 1.54) is 17.8 Å². The molecule has 1 heterocycles. The average Bonchev–Trinajstić information content (AvgIpc) is 2.77. The van der Waals surface area contributed by atoms with Gasteiger partial charge >= 0.3 is 0 Å². The van der Waals surface area contributed by atoms with Gasteiger partial charge in [-0.15, -0.1) is 11.3 Å². The smallest absolute Gasteiger partial charge is 0.179 e. The number of carbonyl (C=O) groups excluding carboxylic acids is 1. The fourth-order valence-corrected chi connectivity index (χ4v) is 3.48. The van der Waals surface area contributed by atoms with Gasteiger partial charge < -0.3 is 0 Å². The summed E-state index contributed by atoms with van der Waals surface area (Å²) >= 11 is 13.0. The molecule has 1 aromatic rings. The summed E-state index contributed by atoms with van der Waals surface area (Å²) in [5, 5.41) is 0. The summed E-state index contributed by atoms with van der Waals surface area (Å²) in [6.07, 6.45) is 1.28. The van der Waals surface area contributed by atoms with E-state index in [1.807, 2.05) is 7.05 Å². The lowest BCUT2D eigenvalue weighted by Gasteiger charge is -2.15. The van der Waals surface area contributed by atoms with Crippen LogP contribution < -0.4 is 0 Å². The third-order valence-corrected chi connectivity index (χ3v) is 4.68. The van der Waals surface area contributed by atoms with Crippen LogP contribution in [0.1, 0.15) is 23.7 Å². The van der Waals surface area contributed by atoms with Gasteiger partial charge in [0.1, 0.15) is 4.34 Å². The highest BCUT2D eigenvalue weighted by Gasteiger charge is 2.33. The molecule has 0 aromatic carbocycles. The third-order valence-electron chi connectivity index (χ3n) is 3.19. The van der Waals surface area contributed by atoms with Crippen molar-refractivity contribution in [1.82, 2.24) is 4.90 Å². The molecule has 1 aliphatic rings. The van der Waals surface area contributed by atoms with Crippen LogP contribution in [-0.2, 0) is 0 Å². The van der Waals surface area contributed by atoms with E-state index in [4.69, 9.17) is 23.2 Å². The van der Waals surface area contributed by atoms with E-state index in [-0.39, 0.29) is 5.78 Å². The topological polar surface area (TPSA) is 20.3 Å². The third kappa shape index (κ3) is 3.44. The second-order valence-electron chi connectivity index (χ2n) is 4.83. The Labute approximate surface area is 116 Å². The molecule has 2 unspecified atom stereocenters. The average molecular weight is 292 g/mol. The van der Waals surface area contributed by atoms with Crippen molar-refractivity contribution in [3.8, 4) is 0 Å². The number of ketones is 1. The van der Waals surface area contributed by atoms with Crippen LogP contribution in [0.4, 0.5) is 0 Å². The van der Waals surface area contributed by atoms with E-state index < -0.39 is 0 Å². The van der Waals surface area contributed by atoms with E-state index in [1.54, 1.807) is 6.07 Å². The van der Waals surface area contributed by atoms with Crippen molar-refractivity contribution in [2.45, 2.75) is 13.3 Å². The quantitative estimate of drug-likeness (QED) is 0.769. The molecule has 2 atom stereocenters. The zero-order valence-corrected chi connectivity index (χ0v) is 12.2. The minimum absolute atomic E-state index is 0.0500. The van der Waals surface area contributed by atoms with Crippen molar-refractivity contribution in [1.29, 1.82) is 0 Å². The lowest BCUT2D eigenvalue weighted by atomic mass is 10.2. The van der Waals surface area contributed by atoms with Gasteiger partial charge in [0, 0.05) is 6.54 Å². The van der Waals surface area contributed by atoms with Crippen LogP contribution in [0.2, 0.25) is 8.67 Å². The Balaban J connectivity index is 1.90. The second-order valence-corrected chi connectivity index (χ2v) is 7.12. The zero-order chi connectivity index (χ0) is 12.6. The van der Waals surface area contributed by atoms with Gasteiger partial charge in [-0.2, -0.15) is 0 Å². The Morgan fingerprint density at radius 3 is 2.71 bits per heavy atom. The normalized spacial score (nSPS) is 23.1. The number of thiophene rings is 1. The van der Waals surface area contributed by atoms with Crippen LogP contribution in [-0.4, -0.2) is 30.8 Å². The lowest BCUT2D eigenvalue weighted by Crippen LogP contribution is -2.28. The number of hydrogen-bond acceptors (Lipinski definition) is 3. The Hall–Kier alpha value is -0.0900. The summed E-state index contributed by atoms with van der Waals surface area (Å²) < 4.78 is 1.06. The van der Waals surface area contributed by atoms with Gasteiger partial charge in [-0.3, -0.25) is 9.69 Å². The van der Waals surface area contributed by atoms with Gasteiger partial charge in [0.25, 0.3) is 0 Å². The van der Waals surface area contributed by atoms with E-state index in [9.17, 15) is 4.79 Å². The Bertz CT molecular complexity index is 432. The first-order valence-electron chi connectivity index (χ1n) is 5.64. The predicted molar refractivity (Wildman–Crippen MR) is 73.4 cm³/mol. The molecule has 5 heteroatoms. The van der Waals surface area contributed by atoms with E-state index in [2.05, 4.69) is 11.8 Å². The number of Topliss-reactive ketones (excluding diaryl/α,β-unsaturated/α-hetero) is 1. The monoisotopic (exact) mass is 291 g/mol. The lowest BCUT2D eigenvalue weighted by molar-refractivity contribution is 0.0944. The second kappa shape index (κ2) is 5.27. The summed E-state index contributed by atoms with van der Waals surface area (Å²) in [5.74, 6) is 1.62. The van der Waals surface area contributed by atoms with Crippen LogP contribution in [0, 0.1) is 11.8 Å². The molecule has 2 nitrogen and oxygen atoms in total. The molecule has 2 rings (SSSR count). The number of likely N-dealkylation sites (N-methyl/N-ethyl adjacent to an activating group) is 1. The summed E-state index contributed by atoms with van der Waals surface area (Å²) in [7, 11) is 1.98. The highest BCUT2D eigenvalue weighted by Crippen LogP contribution is 2.38. The van der Waals surface area contributed by atoms with Crippen molar-refractivity contribution in [3.05, 3.63) is 20.3 Å². The van der Waals surface area contributed by atoms with Crippen molar-refractivity contribution in [2.75, 3.05) is 20.1 Å². The molecule has 0 saturated heterocycles. The van der Waals surface area contributed by atoms with E-state index >= 15 is 0 Å². The molecule has 0 radical (unpaired) electrons. The maximum Gasteiger partial charge on any atom is 0.179 e. The van der Waals surface area contributed by atoms with Gasteiger partial charge in [-0.05, 0) is 31.4 Å². The standard InChI is InChI=1S/C12H15Cl2NOS/c1-7-3-8(7)5-15(2)6-10(16)9-4-11(13)17-12(9)14/h4,7-8H,3,5-6H2,1-2H3. The Morgan fingerprint density at radius 2 is 2.24 bits per heavy atom. The molecule has 1 fully saturated rings. The predicted octanol–water partition coefficient (Wildman–Crippen LogP) is 3.83. The first-order valence-corrected chi connectivity index (χ1v) is 7.21. The van der Waals surface area contributed by atoms with E-state index in [0.29, 0.717) is 20.8 Å². The van der Waals surface area contributed by atoms with E-state index in [0.717, 1.165) is 18.4 Å². The van der Waals surface area contributed by atoms with Crippen LogP contribution in [0.15, 0.2) is 6.07 Å². The first-order chi connectivity index (χ1) is 7.97. The highest BCUT2D eigenvalue weighted by molar-refractivity contribution is 7.20. The first kappa shape index (κ1) is 13.3. The minimum Gasteiger partial charge on any atom is -0.299 e. The van der Waals surface area contributed by atoms with Crippen LogP contribution in [0.25, 0.3) is 0 Å². The molecule has 94 valence electrons. The van der Waals surface area contributed by atoms with Gasteiger partial charge in [-0.1, -0.05) is 30.1 Å². The summed E-state index contributed by atoms with van der Waals surface area (Å²) in [6, 6.07) is 1.66. The van der Waals surface area contributed by atoms with Crippen molar-refractivity contribution >= 4 is 40.3 Å². The summed E-state index contributed by atoms with van der Waals surface area (Å²) in [4.78, 5) is 14.1. The molecule has 1 saturated carbocycles. The Morgan fingerprint density at radius 1 is 1.59 bits per heavy atom. The van der Waals surface area contributed by atoms with Gasteiger partial charge in [0.15, 0.2) is 5.78 Å². The Kier molecular flexibility index (Phi) is 4.14. The SMILES string of the molecule is CC1CC1CN(C)CC(=O)c1cc(Cl)sc1Cl. The summed E-state index contributed by atoms with van der Waals surface area (Å²) in [5.41, 5.74) is 0.553. The van der Waals surface area contributed by atoms with Crippen molar-refractivity contribution in [2.24, 2.45) is 11.8 Å². The molecule has 1 aliphatic carbocycles. The van der Waals surface area contributed by atoms with Crippen molar-refractivity contribution < 1.29 is 4.79 Å². The van der Waals surface area contributed by atoms with Gasteiger partial charge in [0.2, 0.25) is 0 Å². The molecule has 0 amide bonds. The maximum atomic E-state index is 12.0. The number of halogens is 2. The molecule has 0 spiro atoms. The molecular weight excluding hydrogens is 277 g/mol. The largest absolute Gasteiger partial charge is 0.299 e. The highest BCUT2D eigenvalue weighted by atomic mass is 35.5. The van der Waals surface area contributed by atoms with Crippen molar-refractivity contribution in [3.63, 3.8) is 0 Å². The zero-order valence-electron chi connectivity index (χ0n) is 9.87. The van der Waals surface area contributed by atoms with Gasteiger partial charge in [-0.25, -0.2) is 0 Å². The van der Waals surface area contributed by atoms with Crippen LogP contribution in [0.5, 0.6) is 0 Å². The molecule has 0 bridgehead atoms. The molecule has 17 heavy (non-hydrogen) atoms. The van der Waals surface area contributed by atoms with Crippen LogP contribution >= 0.6 is 34.5 Å². The molecule has 1 aromatic heterocycles. The number of nitrogens with zero attached hydrogens (tertiary/aromatic N) is 1. The maximum absolute atomic E-state index is 12.0. The molecular formula is C12H15Cl2NOS. The minimum atomic E-state index is 0.0500. The fraction of sp³-hybridized carbons (Fsp3) is 0.583. The summed E-state index contributed by atoms with van der Waals surface area (Å²) in [6.45, 7) is 3.65. The molecule has 0 N–H and O–H groups in total. The van der Waals surface area contributed by atoms with Gasteiger partial charge in [0.05, 0.1) is 16.4 Å².